The summed E-state index contributed by atoms with van der Waals surface area (Å²) in [5, 5.41) is 9.23. The van der Waals surface area contributed by atoms with Crippen molar-refractivity contribution in [3.63, 3.8) is 0 Å². The summed E-state index contributed by atoms with van der Waals surface area (Å²) in [7, 11) is 0. The number of aliphatic carboxylic acids is 1. The van der Waals surface area contributed by atoms with E-state index in [1.165, 1.54) is 16.2 Å². The number of anilines is 2. The van der Waals surface area contributed by atoms with Gasteiger partial charge in [-0.1, -0.05) is 18.2 Å². The van der Waals surface area contributed by atoms with Gasteiger partial charge in [-0.3, -0.25) is 0 Å². The van der Waals surface area contributed by atoms with Gasteiger partial charge in [0.2, 0.25) is 0 Å². The summed E-state index contributed by atoms with van der Waals surface area (Å²) in [6.07, 6.45) is 5.12. The summed E-state index contributed by atoms with van der Waals surface area (Å²) in [6, 6.07) is 9.38. The van der Waals surface area contributed by atoms with E-state index in [9.17, 15) is 9.59 Å². The fraction of sp³-hybridized carbons (Fsp3) is 0.476. The molecule has 7 nitrogen and oxygen atoms in total. The van der Waals surface area contributed by atoms with Crippen molar-refractivity contribution >= 4 is 34.2 Å². The van der Waals surface area contributed by atoms with Crippen LogP contribution in [0.4, 0.5) is 15.6 Å². The van der Waals surface area contributed by atoms with Gasteiger partial charge in [0.1, 0.15) is 6.61 Å². The number of rotatable bonds is 8. The molecule has 1 aliphatic carbocycles. The van der Waals surface area contributed by atoms with Gasteiger partial charge < -0.3 is 14.6 Å². The van der Waals surface area contributed by atoms with Crippen molar-refractivity contribution < 1.29 is 24.2 Å². The molecule has 1 fully saturated rings. The zero-order valence-corrected chi connectivity index (χ0v) is 17.3. The predicted octanol–water partition coefficient (Wildman–Crippen LogP) is 4.63. The van der Waals surface area contributed by atoms with Gasteiger partial charge in [-0.25, -0.2) is 19.5 Å². The van der Waals surface area contributed by atoms with Gasteiger partial charge in [0.15, 0.2) is 5.13 Å². The van der Waals surface area contributed by atoms with Crippen molar-refractivity contribution in [3.8, 4) is 0 Å². The van der Waals surface area contributed by atoms with Crippen LogP contribution in [0.15, 0.2) is 36.5 Å². The molecule has 0 unspecified atom stereocenters. The summed E-state index contributed by atoms with van der Waals surface area (Å²) in [6.45, 7) is 2.55. The average Bonchev–Trinajstić information content (AvgIpc) is 3.14. The lowest BCUT2D eigenvalue weighted by atomic mass is 9.83. The third-order valence-corrected chi connectivity index (χ3v) is 5.88. The molecule has 156 valence electrons. The van der Waals surface area contributed by atoms with Gasteiger partial charge in [0.25, 0.3) is 0 Å². The van der Waals surface area contributed by atoms with Gasteiger partial charge in [-0.05, 0) is 56.6 Å². The normalized spacial score (nSPS) is 18.9. The lowest BCUT2D eigenvalue weighted by molar-refractivity contribution is -0.142. The zero-order chi connectivity index (χ0) is 20.6. The van der Waals surface area contributed by atoms with E-state index < -0.39 is 12.1 Å². The molecule has 1 saturated carbocycles. The first-order valence-electron chi connectivity index (χ1n) is 9.77. The number of aryl methyl sites for hydroxylation is 1. The number of nitrogens with zero attached hydrogens (tertiary/aromatic N) is 2. The Morgan fingerprint density at radius 3 is 2.38 bits per heavy atom. The Morgan fingerprint density at radius 2 is 1.79 bits per heavy atom. The van der Waals surface area contributed by atoms with E-state index in [4.69, 9.17) is 14.6 Å². The molecular weight excluding hydrogens is 392 g/mol. The Bertz CT molecular complexity index is 802. The van der Waals surface area contributed by atoms with E-state index in [1.54, 1.807) is 6.20 Å². The van der Waals surface area contributed by atoms with E-state index in [0.717, 1.165) is 36.2 Å². The smallest absolute Gasteiger partial charge is 0.420 e. The van der Waals surface area contributed by atoms with Gasteiger partial charge in [-0.2, -0.15) is 0 Å². The van der Waals surface area contributed by atoms with Gasteiger partial charge in [-0.15, -0.1) is 11.3 Å². The number of amides is 1. The average molecular weight is 419 g/mol. The fourth-order valence-electron chi connectivity index (χ4n) is 3.45. The number of carbonyl (C=O) groups excluding carboxylic acids is 1. The van der Waals surface area contributed by atoms with Gasteiger partial charge in [0, 0.05) is 11.1 Å². The van der Waals surface area contributed by atoms with Crippen LogP contribution < -0.4 is 4.90 Å². The molecule has 1 N–H and O–H groups in total. The maximum Gasteiger partial charge on any atom is 0.420 e. The van der Waals surface area contributed by atoms with Crippen molar-refractivity contribution in [1.29, 1.82) is 0 Å². The van der Waals surface area contributed by atoms with Crippen LogP contribution in [0.5, 0.6) is 0 Å². The van der Waals surface area contributed by atoms with Gasteiger partial charge in [0.05, 0.1) is 18.9 Å². The molecule has 0 spiro atoms. The van der Waals surface area contributed by atoms with E-state index >= 15 is 0 Å². The molecule has 2 aromatic rings. The first-order valence-corrected chi connectivity index (χ1v) is 10.6. The van der Waals surface area contributed by atoms with Crippen molar-refractivity contribution in [1.82, 2.24) is 4.98 Å². The molecule has 1 aliphatic rings. The minimum Gasteiger partial charge on any atom is -0.480 e. The maximum atomic E-state index is 12.9. The van der Waals surface area contributed by atoms with Crippen molar-refractivity contribution in [2.75, 3.05) is 24.7 Å². The quantitative estimate of drug-likeness (QED) is 0.672. The monoisotopic (exact) mass is 418 g/mol. The molecule has 0 atom stereocenters. The number of carboxylic acid groups (broad SMARTS) is 1. The second-order valence-electron chi connectivity index (χ2n) is 7.30. The largest absolute Gasteiger partial charge is 0.480 e. The summed E-state index contributed by atoms with van der Waals surface area (Å²) >= 11 is 1.45. The minimum atomic E-state index is -0.941. The Balaban J connectivity index is 1.51. The van der Waals surface area contributed by atoms with Crippen LogP contribution >= 0.6 is 11.3 Å². The molecule has 1 heterocycles. The third-order valence-electron chi connectivity index (χ3n) is 4.99. The van der Waals surface area contributed by atoms with Crippen molar-refractivity contribution in [3.05, 3.63) is 41.4 Å². The number of para-hydroxylation sites is 1. The number of hydrogen-bond donors (Lipinski definition) is 1. The Hall–Kier alpha value is -2.45. The van der Waals surface area contributed by atoms with Crippen LogP contribution in [-0.2, 0) is 14.3 Å². The lowest BCUT2D eigenvalue weighted by Crippen LogP contribution is -2.30. The SMILES string of the molecule is Cc1cnc(N(C(=O)OC[C@H]2CC[C@H](COCC(=O)O)CC2)c2ccccc2)s1. The molecule has 1 aromatic heterocycles. The van der Waals surface area contributed by atoms with Crippen molar-refractivity contribution in [2.24, 2.45) is 11.8 Å². The van der Waals surface area contributed by atoms with Crippen LogP contribution in [0.1, 0.15) is 30.6 Å². The molecule has 1 aromatic carbocycles. The highest BCUT2D eigenvalue weighted by molar-refractivity contribution is 7.15. The number of thiazole rings is 1. The molecule has 8 heteroatoms. The van der Waals surface area contributed by atoms with E-state index in [-0.39, 0.29) is 6.61 Å². The van der Waals surface area contributed by atoms with Gasteiger partial charge >= 0.3 is 12.1 Å². The van der Waals surface area contributed by atoms with Crippen LogP contribution in [0.25, 0.3) is 0 Å². The molecular formula is C21H26N2O5S. The molecule has 0 bridgehead atoms. The number of hydrogen-bond acceptors (Lipinski definition) is 6. The lowest BCUT2D eigenvalue weighted by Gasteiger charge is -2.28. The Labute approximate surface area is 174 Å². The minimum absolute atomic E-state index is 0.247. The standard InChI is InChI=1S/C21H26N2O5S/c1-15-11-22-20(29-15)23(18-5-3-2-4-6-18)21(26)28-13-17-9-7-16(8-10-17)12-27-14-19(24)25/h2-6,11,16-17H,7-10,12-14H2,1H3,(H,24,25)/t16-,17-. The summed E-state index contributed by atoms with van der Waals surface area (Å²) in [5.74, 6) is -0.255. The maximum absolute atomic E-state index is 12.9. The number of ether oxygens (including phenoxy) is 2. The first kappa shape index (κ1) is 21.3. The number of benzene rings is 1. The highest BCUT2D eigenvalue weighted by Crippen LogP contribution is 2.32. The second kappa shape index (κ2) is 10.4. The zero-order valence-electron chi connectivity index (χ0n) is 16.5. The Kier molecular flexibility index (Phi) is 7.60. The van der Waals surface area contributed by atoms with Crippen LogP contribution in [-0.4, -0.2) is 42.0 Å². The first-order chi connectivity index (χ1) is 14.0. The number of carbonyl (C=O) groups is 2. The fourth-order valence-corrected chi connectivity index (χ4v) is 4.22. The molecule has 0 radical (unpaired) electrons. The van der Waals surface area contributed by atoms with Crippen molar-refractivity contribution in [2.45, 2.75) is 32.6 Å². The Morgan fingerprint density at radius 1 is 1.14 bits per heavy atom. The van der Waals surface area contributed by atoms with E-state index in [1.807, 2.05) is 37.3 Å². The molecule has 0 aliphatic heterocycles. The predicted molar refractivity (Wildman–Crippen MR) is 111 cm³/mol. The molecule has 1 amide bonds. The topological polar surface area (TPSA) is 89.0 Å². The highest BCUT2D eigenvalue weighted by Gasteiger charge is 2.26. The summed E-state index contributed by atoms with van der Waals surface area (Å²) in [5.41, 5.74) is 0.728. The molecule has 29 heavy (non-hydrogen) atoms. The van der Waals surface area contributed by atoms with E-state index in [2.05, 4.69) is 4.98 Å². The summed E-state index contributed by atoms with van der Waals surface area (Å²) < 4.78 is 10.9. The molecule has 3 rings (SSSR count). The number of carboxylic acids is 1. The number of aromatic nitrogens is 1. The molecule has 0 saturated heterocycles. The van der Waals surface area contributed by atoms with Crippen LogP contribution in [0.2, 0.25) is 0 Å². The van der Waals surface area contributed by atoms with Crippen LogP contribution in [0, 0.1) is 18.8 Å². The van der Waals surface area contributed by atoms with Crippen LogP contribution in [0.3, 0.4) is 0 Å². The highest BCUT2D eigenvalue weighted by atomic mass is 32.1. The summed E-state index contributed by atoms with van der Waals surface area (Å²) in [4.78, 5) is 30.3. The van der Waals surface area contributed by atoms with E-state index in [0.29, 0.717) is 30.2 Å². The third kappa shape index (κ3) is 6.27. The second-order valence-corrected chi connectivity index (χ2v) is 8.51.